The number of carbonyl (C=O) groups excluding carboxylic acids is 7. The summed E-state index contributed by atoms with van der Waals surface area (Å²) in [6, 6.07) is 8.62. The molecule has 1 atom stereocenters. The highest BCUT2D eigenvalue weighted by atomic mass is 32.2. The molecule has 0 saturated carbocycles. The summed E-state index contributed by atoms with van der Waals surface area (Å²) in [7, 11) is 0. The van der Waals surface area contributed by atoms with Gasteiger partial charge in [0.25, 0.3) is 35.4 Å². The molecule has 0 radical (unpaired) electrons. The van der Waals surface area contributed by atoms with Crippen molar-refractivity contribution in [1.29, 1.82) is 0 Å². The van der Waals surface area contributed by atoms with Crippen molar-refractivity contribution in [3.63, 3.8) is 0 Å². The predicted molar refractivity (Wildman–Crippen MR) is 401 cm³/mol. The lowest BCUT2D eigenvalue weighted by Gasteiger charge is -2.29. The molecule has 4 N–H and O–H groups in total. The van der Waals surface area contributed by atoms with Crippen LogP contribution < -0.4 is 49.7 Å². The summed E-state index contributed by atoms with van der Waals surface area (Å²) in [5.74, 6) is 0.113. The Kier molecular flexibility index (Phi) is 34.8. The first kappa shape index (κ1) is 80.8. The van der Waals surface area contributed by atoms with E-state index in [2.05, 4.69) is 21.3 Å². The Balaban J connectivity index is 1.40. The van der Waals surface area contributed by atoms with Crippen LogP contribution in [0.1, 0.15) is 208 Å². The molecule has 0 bridgehead atoms. The van der Waals surface area contributed by atoms with Crippen LogP contribution >= 0.6 is 71.9 Å². The second kappa shape index (κ2) is 42.2. The molecule has 0 unspecified atom stereocenters. The van der Waals surface area contributed by atoms with Crippen molar-refractivity contribution in [2.75, 3.05) is 116 Å². The zero-order valence-corrected chi connectivity index (χ0v) is 63.3. The van der Waals surface area contributed by atoms with Crippen LogP contribution in [0.25, 0.3) is 0 Å². The molecule has 6 rings (SSSR count). The number of ether oxygens (including phenoxy) is 7. The van der Waals surface area contributed by atoms with Crippen molar-refractivity contribution < 1.29 is 66.7 Å². The first-order valence-electron chi connectivity index (χ1n) is 34.5. The van der Waals surface area contributed by atoms with Crippen LogP contribution in [-0.2, 0) is 4.74 Å². The molecule has 3 saturated heterocycles. The maximum atomic E-state index is 15.2. The smallest absolute Gasteiger partial charge is 0.407 e. The Hall–Kier alpha value is -6.17. The number of nitrogens with one attached hydrogen (secondary N) is 4. The minimum atomic E-state index is -0.806. The van der Waals surface area contributed by atoms with Gasteiger partial charge in [0, 0.05) is 82.2 Å². The van der Waals surface area contributed by atoms with Gasteiger partial charge in [0.1, 0.15) is 18.6 Å². The number of alkyl carbamates (subject to hydrolysis) is 1. The van der Waals surface area contributed by atoms with E-state index in [1.54, 1.807) is 57.2 Å². The molecule has 0 spiro atoms. The van der Waals surface area contributed by atoms with Crippen molar-refractivity contribution in [2.24, 2.45) is 0 Å². The minimum Gasteiger partial charge on any atom is -0.489 e. The molecule has 3 aromatic carbocycles. The molecule has 3 aliphatic heterocycles. The van der Waals surface area contributed by atoms with E-state index in [9.17, 15) is 28.8 Å². The number of amides is 7. The zero-order chi connectivity index (χ0) is 71.2. The predicted octanol–water partition coefficient (Wildman–Crippen LogP) is 12.4. The SMILES string of the molecule is CCCCOc1c(C(=O)NCCN(CCNC(=O)c2ccc(C(=O)N3CCSC3=S)c(OCCCC)c2OCCCC)C[C@H](CCNC(=O)OC(C)(C)C)NC(=O)c2ccc(C(=O)N3CCSC3=S)c(OCCCC)c2OCCCC)ccc(C(=O)N2CCSC2=S)c1OCCCC. The molecule has 3 heterocycles. The number of benzene rings is 3. The van der Waals surface area contributed by atoms with Gasteiger partial charge in [-0.25, -0.2) is 4.79 Å². The van der Waals surface area contributed by atoms with E-state index in [-0.39, 0.29) is 171 Å². The lowest BCUT2D eigenvalue weighted by molar-refractivity contribution is 0.0524. The average Bonchev–Trinajstić information content (AvgIpc) is 1.12. The van der Waals surface area contributed by atoms with Crippen molar-refractivity contribution in [3.05, 3.63) is 69.8 Å². The molecule has 0 aromatic heterocycles. The summed E-state index contributed by atoms with van der Waals surface area (Å²) >= 11 is 21.0. The number of hydrogen-bond donors (Lipinski definition) is 4. The number of carbonyl (C=O) groups is 7. The van der Waals surface area contributed by atoms with Crippen molar-refractivity contribution in [3.8, 4) is 34.5 Å². The standard InChI is InChI=1S/C70H100N8O14S6/c1-10-16-37-86-54-48(22-25-51(57(54)89-40-19-13-4)63(82)76-34-43-96-67(76)93)60(79)71-30-32-75(33-31-72-61(80)49-23-26-52(64(83)77-35-44-97-68(77)94)58(90-41-20-14-5)55(49)87-38-17-11-2)46-47(28-29-73-66(85)92-70(7,8)9)74-62(81)50-24-27-53(65(84)78-36-45-98-69(78)95)59(91-42-21-15-6)56(50)88-39-18-12-3/h22-27,47H,10-21,28-46H2,1-9H3,(H,71,79)(H,72,80)(H,73,85)(H,74,81)/t47-/m0/s1. The lowest BCUT2D eigenvalue weighted by atomic mass is 10.0. The molecule has 540 valence electrons. The summed E-state index contributed by atoms with van der Waals surface area (Å²) < 4.78 is 45.4. The van der Waals surface area contributed by atoms with E-state index in [0.717, 1.165) is 38.5 Å². The number of rotatable bonds is 42. The monoisotopic (exact) mass is 1470 g/mol. The number of hydrogen-bond acceptors (Lipinski definition) is 21. The summed E-state index contributed by atoms with van der Waals surface area (Å²) in [6.45, 7) is 20.6. The van der Waals surface area contributed by atoms with E-state index < -0.39 is 35.5 Å². The Morgan fingerprint density at radius 2 is 0.745 bits per heavy atom. The molecule has 3 fully saturated rings. The maximum absolute atomic E-state index is 15.2. The average molecular weight is 1470 g/mol. The van der Waals surface area contributed by atoms with Gasteiger partial charge < -0.3 is 54.4 Å². The molecule has 3 aromatic rings. The molecule has 0 aliphatic carbocycles. The van der Waals surface area contributed by atoms with Crippen LogP contribution in [0.2, 0.25) is 0 Å². The number of thiocarbonyl (C=S) groups is 3. The highest BCUT2D eigenvalue weighted by Crippen LogP contribution is 2.41. The van der Waals surface area contributed by atoms with Gasteiger partial charge >= 0.3 is 6.09 Å². The van der Waals surface area contributed by atoms with Gasteiger partial charge in [-0.2, -0.15) is 0 Å². The van der Waals surface area contributed by atoms with Gasteiger partial charge in [0.15, 0.2) is 34.5 Å². The van der Waals surface area contributed by atoms with Crippen molar-refractivity contribution in [2.45, 2.75) is 157 Å². The molecular weight excluding hydrogens is 1370 g/mol. The number of thioether (sulfide) groups is 3. The van der Waals surface area contributed by atoms with Gasteiger partial charge in [-0.05, 0) is 102 Å². The van der Waals surface area contributed by atoms with Crippen LogP contribution in [0.15, 0.2) is 36.4 Å². The van der Waals surface area contributed by atoms with Crippen molar-refractivity contribution >= 4 is 126 Å². The fraction of sp³-hybridized carbons (Fsp3) is 0.600. The first-order chi connectivity index (χ1) is 47.2. The van der Waals surface area contributed by atoms with Gasteiger partial charge in [0.05, 0.1) is 73.0 Å². The van der Waals surface area contributed by atoms with Crippen LogP contribution in [0.4, 0.5) is 4.79 Å². The summed E-state index contributed by atoms with van der Waals surface area (Å²) in [5.41, 5.74) is 0.243. The van der Waals surface area contributed by atoms with E-state index in [4.69, 9.17) is 69.8 Å². The quantitative estimate of drug-likeness (QED) is 0.0304. The third-order valence-electron chi connectivity index (χ3n) is 15.6. The van der Waals surface area contributed by atoms with E-state index >= 15 is 4.79 Å². The minimum absolute atomic E-state index is 0.0225. The summed E-state index contributed by atoms with van der Waals surface area (Å²) in [6.07, 6.45) is 8.27. The topological polar surface area (TPSA) is 245 Å². The molecule has 3 aliphatic rings. The Morgan fingerprint density at radius 1 is 0.449 bits per heavy atom. The number of nitrogens with zero attached hydrogens (tertiary/aromatic N) is 4. The number of unbranched alkanes of at least 4 members (excludes halogenated alkanes) is 6. The zero-order valence-electron chi connectivity index (χ0n) is 58.4. The Labute approximate surface area is 607 Å². The molecule has 7 amide bonds. The maximum Gasteiger partial charge on any atom is 0.407 e. The van der Waals surface area contributed by atoms with E-state index in [1.807, 2.05) is 46.4 Å². The van der Waals surface area contributed by atoms with Crippen LogP contribution in [0.3, 0.4) is 0 Å². The lowest BCUT2D eigenvalue weighted by Crippen LogP contribution is -2.49. The second-order valence-corrected chi connectivity index (χ2v) is 29.8. The molecule has 98 heavy (non-hydrogen) atoms. The Bertz CT molecular complexity index is 3120. The van der Waals surface area contributed by atoms with Gasteiger partial charge in [-0.15, -0.1) is 0 Å². The fourth-order valence-corrected chi connectivity index (χ4v) is 13.9. The Morgan fingerprint density at radius 3 is 1.03 bits per heavy atom. The van der Waals surface area contributed by atoms with Crippen LogP contribution in [0, 0.1) is 0 Å². The third-order valence-corrected chi connectivity index (χ3v) is 19.9. The van der Waals surface area contributed by atoms with Crippen LogP contribution in [0.5, 0.6) is 34.5 Å². The second-order valence-electron chi connectivity index (χ2n) is 24.6. The molecule has 22 nitrogen and oxygen atoms in total. The van der Waals surface area contributed by atoms with E-state index in [1.165, 1.54) is 50.0 Å². The van der Waals surface area contributed by atoms with Crippen molar-refractivity contribution in [1.82, 2.24) is 40.9 Å². The van der Waals surface area contributed by atoms with E-state index in [0.29, 0.717) is 88.4 Å². The fourth-order valence-electron chi connectivity index (χ4n) is 10.3. The van der Waals surface area contributed by atoms with Gasteiger partial charge in [0.2, 0.25) is 0 Å². The van der Waals surface area contributed by atoms with Gasteiger partial charge in [-0.1, -0.05) is 152 Å². The normalized spacial score (nSPS) is 14.1. The van der Waals surface area contributed by atoms with Gasteiger partial charge in [-0.3, -0.25) is 48.4 Å². The molecule has 28 heteroatoms. The first-order valence-corrected chi connectivity index (χ1v) is 38.7. The van der Waals surface area contributed by atoms with Crippen LogP contribution in [-0.4, -0.2) is 202 Å². The largest absolute Gasteiger partial charge is 0.489 e. The summed E-state index contributed by atoms with van der Waals surface area (Å²) in [4.78, 5) is 107. The molecular formula is C70H100N8O14S6. The highest BCUT2D eigenvalue weighted by molar-refractivity contribution is 8.24. The highest BCUT2D eigenvalue weighted by Gasteiger charge is 2.36. The summed E-state index contributed by atoms with van der Waals surface area (Å²) in [5, 5.41) is 12.2. The third kappa shape index (κ3) is 24.0.